The topological polar surface area (TPSA) is 53.0 Å². The molecule has 2 atom stereocenters. The Morgan fingerprint density at radius 2 is 1.82 bits per heavy atom. The Balaban J connectivity index is 1.35. The van der Waals surface area contributed by atoms with Gasteiger partial charge in [0.25, 0.3) is 0 Å². The second-order valence-corrected chi connectivity index (χ2v) is 5.66. The van der Waals surface area contributed by atoms with Crippen LogP contribution in [-0.4, -0.2) is 66.9 Å². The molecule has 0 bridgehead atoms. The smallest absolute Gasteiger partial charge is 0.407 e. The molecule has 0 aromatic rings. The van der Waals surface area contributed by atoms with Gasteiger partial charge < -0.3 is 19.6 Å². The molecule has 3 aliphatic rings. The normalized spacial score (nSPS) is 33.8. The number of rotatable bonds is 3. The summed E-state index contributed by atoms with van der Waals surface area (Å²) in [5, 5.41) is 8.74. The van der Waals surface area contributed by atoms with Gasteiger partial charge in [-0.05, 0) is 18.9 Å². The zero-order valence-corrected chi connectivity index (χ0v) is 10.0. The summed E-state index contributed by atoms with van der Waals surface area (Å²) in [6.45, 7) is 6.85. The van der Waals surface area contributed by atoms with Crippen LogP contribution >= 0.6 is 0 Å². The Kier molecular flexibility index (Phi) is 2.96. The Labute approximate surface area is 101 Å². The summed E-state index contributed by atoms with van der Waals surface area (Å²) in [5.41, 5.74) is 0. The molecule has 96 valence electrons. The van der Waals surface area contributed by atoms with Crippen LogP contribution in [0.4, 0.5) is 4.79 Å². The maximum Gasteiger partial charge on any atom is 0.407 e. The van der Waals surface area contributed by atoms with E-state index in [1.54, 1.807) is 0 Å². The monoisotopic (exact) mass is 240 g/mol. The van der Waals surface area contributed by atoms with E-state index in [1.165, 1.54) is 18.0 Å². The summed E-state index contributed by atoms with van der Waals surface area (Å²) in [5.74, 6) is 2.10. The van der Waals surface area contributed by atoms with Crippen LogP contribution < -0.4 is 0 Å². The van der Waals surface area contributed by atoms with E-state index in [1.807, 2.05) is 0 Å². The van der Waals surface area contributed by atoms with Gasteiger partial charge in [-0.2, -0.15) is 0 Å². The van der Waals surface area contributed by atoms with Gasteiger partial charge in [-0.25, -0.2) is 4.79 Å². The molecule has 0 unspecified atom stereocenters. The van der Waals surface area contributed by atoms with Gasteiger partial charge in [0.2, 0.25) is 0 Å². The van der Waals surface area contributed by atoms with Crippen molar-refractivity contribution in [3.05, 3.63) is 0 Å². The van der Waals surface area contributed by atoms with Gasteiger partial charge in [0.1, 0.15) is 0 Å². The zero-order valence-electron chi connectivity index (χ0n) is 10.0. The second kappa shape index (κ2) is 4.46. The molecule has 1 amide bonds. The van der Waals surface area contributed by atoms with Crippen LogP contribution in [0.1, 0.15) is 6.42 Å². The lowest BCUT2D eigenvalue weighted by molar-refractivity contribution is 0.0725. The fourth-order valence-corrected chi connectivity index (χ4v) is 3.24. The second-order valence-electron chi connectivity index (χ2n) is 5.66. The van der Waals surface area contributed by atoms with Gasteiger partial charge >= 0.3 is 6.09 Å². The SMILES string of the molecule is O=C(O)N1CC(CCN2C[C@H]3COC[C@H]3C2)C1. The van der Waals surface area contributed by atoms with Gasteiger partial charge in [-0.1, -0.05) is 0 Å². The van der Waals surface area contributed by atoms with Crippen LogP contribution in [-0.2, 0) is 4.74 Å². The first-order valence-corrected chi connectivity index (χ1v) is 6.50. The lowest BCUT2D eigenvalue weighted by Gasteiger charge is -2.37. The lowest BCUT2D eigenvalue weighted by atomic mass is 9.97. The molecule has 17 heavy (non-hydrogen) atoms. The highest BCUT2D eigenvalue weighted by atomic mass is 16.5. The number of ether oxygens (including phenoxy) is 1. The first-order chi connectivity index (χ1) is 8.22. The summed E-state index contributed by atoms with van der Waals surface area (Å²) in [6, 6.07) is 0. The lowest BCUT2D eigenvalue weighted by Crippen LogP contribution is -2.50. The number of carboxylic acid groups (broad SMARTS) is 1. The number of fused-ring (bicyclic) bond motifs is 1. The molecule has 0 aromatic carbocycles. The largest absolute Gasteiger partial charge is 0.465 e. The quantitative estimate of drug-likeness (QED) is 0.783. The predicted octanol–water partition coefficient (Wildman–Crippen LogP) is 0.565. The van der Waals surface area contributed by atoms with Gasteiger partial charge in [-0.3, -0.25) is 0 Å². The van der Waals surface area contributed by atoms with Gasteiger partial charge in [0.05, 0.1) is 13.2 Å². The third-order valence-electron chi connectivity index (χ3n) is 4.40. The molecule has 1 N–H and O–H groups in total. The molecule has 3 rings (SSSR count). The number of hydrogen-bond acceptors (Lipinski definition) is 3. The fourth-order valence-electron chi connectivity index (χ4n) is 3.24. The molecular formula is C12H20N2O3. The highest BCUT2D eigenvalue weighted by Crippen LogP contribution is 2.30. The van der Waals surface area contributed by atoms with Crippen molar-refractivity contribution >= 4 is 6.09 Å². The van der Waals surface area contributed by atoms with Crippen LogP contribution in [0.25, 0.3) is 0 Å². The van der Waals surface area contributed by atoms with E-state index in [0.29, 0.717) is 5.92 Å². The molecule has 0 saturated carbocycles. The first-order valence-electron chi connectivity index (χ1n) is 6.50. The molecule has 5 nitrogen and oxygen atoms in total. The third-order valence-corrected chi connectivity index (χ3v) is 4.40. The molecule has 0 aromatic heterocycles. The van der Waals surface area contributed by atoms with Crippen LogP contribution in [0.2, 0.25) is 0 Å². The molecule has 3 fully saturated rings. The van der Waals surface area contributed by atoms with E-state index in [2.05, 4.69) is 4.90 Å². The van der Waals surface area contributed by atoms with Gasteiger partial charge in [-0.15, -0.1) is 0 Å². The van der Waals surface area contributed by atoms with Crippen molar-refractivity contribution in [1.29, 1.82) is 0 Å². The molecule has 0 spiro atoms. The highest BCUT2D eigenvalue weighted by Gasteiger charge is 2.37. The maximum atomic E-state index is 10.6. The van der Waals surface area contributed by atoms with Crippen molar-refractivity contribution in [3.63, 3.8) is 0 Å². The average Bonchev–Trinajstić information content (AvgIpc) is 2.73. The average molecular weight is 240 g/mol. The predicted molar refractivity (Wildman–Crippen MR) is 61.9 cm³/mol. The summed E-state index contributed by atoms with van der Waals surface area (Å²) >= 11 is 0. The minimum Gasteiger partial charge on any atom is -0.465 e. The molecule has 5 heteroatoms. The molecule has 3 saturated heterocycles. The number of carbonyl (C=O) groups is 1. The van der Waals surface area contributed by atoms with Crippen molar-refractivity contribution in [2.24, 2.45) is 17.8 Å². The van der Waals surface area contributed by atoms with E-state index >= 15 is 0 Å². The number of hydrogen-bond donors (Lipinski definition) is 1. The molecule has 0 aliphatic carbocycles. The van der Waals surface area contributed by atoms with E-state index in [-0.39, 0.29) is 0 Å². The number of amides is 1. The molecule has 3 aliphatic heterocycles. The van der Waals surface area contributed by atoms with Crippen molar-refractivity contribution < 1.29 is 14.6 Å². The van der Waals surface area contributed by atoms with E-state index in [9.17, 15) is 4.79 Å². The fraction of sp³-hybridized carbons (Fsp3) is 0.917. The molecular weight excluding hydrogens is 220 g/mol. The van der Waals surface area contributed by atoms with Crippen molar-refractivity contribution in [3.8, 4) is 0 Å². The van der Waals surface area contributed by atoms with Crippen LogP contribution in [0.5, 0.6) is 0 Å². The van der Waals surface area contributed by atoms with Crippen LogP contribution in [0.15, 0.2) is 0 Å². The van der Waals surface area contributed by atoms with E-state index in [4.69, 9.17) is 9.84 Å². The Bertz CT molecular complexity index is 292. The minimum atomic E-state index is -0.769. The van der Waals surface area contributed by atoms with Gasteiger partial charge in [0, 0.05) is 38.0 Å². The van der Waals surface area contributed by atoms with Crippen molar-refractivity contribution in [2.75, 3.05) is 45.9 Å². The number of nitrogens with zero attached hydrogens (tertiary/aromatic N) is 2. The van der Waals surface area contributed by atoms with Crippen LogP contribution in [0, 0.1) is 17.8 Å². The van der Waals surface area contributed by atoms with Crippen LogP contribution in [0.3, 0.4) is 0 Å². The summed E-state index contributed by atoms with van der Waals surface area (Å²) in [7, 11) is 0. The highest BCUT2D eigenvalue weighted by molar-refractivity contribution is 5.65. The maximum absolute atomic E-state index is 10.6. The van der Waals surface area contributed by atoms with E-state index < -0.39 is 6.09 Å². The standard InChI is InChI=1S/C12H20N2O3/c15-12(16)14-3-9(4-14)1-2-13-5-10-7-17-8-11(10)6-13/h9-11H,1-8H2,(H,15,16)/t10-,11+. The van der Waals surface area contributed by atoms with Crippen molar-refractivity contribution in [2.45, 2.75) is 6.42 Å². The van der Waals surface area contributed by atoms with E-state index in [0.717, 1.165) is 51.1 Å². The molecule has 0 radical (unpaired) electrons. The zero-order chi connectivity index (χ0) is 11.8. The Morgan fingerprint density at radius 1 is 1.18 bits per heavy atom. The summed E-state index contributed by atoms with van der Waals surface area (Å²) in [4.78, 5) is 14.6. The minimum absolute atomic E-state index is 0.586. The third kappa shape index (κ3) is 2.26. The Morgan fingerprint density at radius 3 is 2.41 bits per heavy atom. The molecule has 3 heterocycles. The van der Waals surface area contributed by atoms with Crippen molar-refractivity contribution in [1.82, 2.24) is 9.80 Å². The Hall–Kier alpha value is -0.810. The number of likely N-dealkylation sites (tertiary alicyclic amines) is 2. The summed E-state index contributed by atoms with van der Waals surface area (Å²) < 4.78 is 5.46. The first kappa shape index (κ1) is 11.3. The summed E-state index contributed by atoms with van der Waals surface area (Å²) in [6.07, 6.45) is 0.374. The van der Waals surface area contributed by atoms with Gasteiger partial charge in [0.15, 0.2) is 0 Å².